The highest BCUT2D eigenvalue weighted by Gasteiger charge is 1.96. The minimum absolute atomic E-state index is 0.156. The van der Waals surface area contributed by atoms with Crippen molar-refractivity contribution < 1.29 is 0 Å². The van der Waals surface area contributed by atoms with Crippen LogP contribution in [-0.4, -0.2) is 15.8 Å². The summed E-state index contributed by atoms with van der Waals surface area (Å²) >= 11 is 5.48. The zero-order chi connectivity index (χ0) is 7.56. The molecule has 5 heteroatoms. The van der Waals surface area contributed by atoms with E-state index in [-0.39, 0.29) is 11.7 Å². The van der Waals surface area contributed by atoms with E-state index in [4.69, 9.17) is 22.7 Å². The fourth-order valence-corrected chi connectivity index (χ4v) is 0.549. The predicted octanol–water partition coefficient (Wildman–Crippen LogP) is 0.414. The smallest absolute Gasteiger partial charge is 0.194 e. The van der Waals surface area contributed by atoms with Gasteiger partial charge in [0.1, 0.15) is 0 Å². The molecule has 0 saturated carbocycles. The largest absolute Gasteiger partial charge is 0.381 e. The van der Waals surface area contributed by atoms with Crippen LogP contribution >= 0.6 is 11.6 Å². The number of nitrogens with one attached hydrogen (secondary N) is 1. The van der Waals surface area contributed by atoms with Crippen LogP contribution in [-0.2, 0) is 0 Å². The molecule has 0 aliphatic rings. The second-order valence-corrected chi connectivity index (χ2v) is 2.08. The summed E-state index contributed by atoms with van der Waals surface area (Å²) in [5.74, 6) is 0.0427. The van der Waals surface area contributed by atoms with E-state index in [0.29, 0.717) is 5.02 Å². The number of hydrogen-bond donors (Lipinski definition) is 2. The minimum atomic E-state index is -0.156. The van der Waals surface area contributed by atoms with Crippen molar-refractivity contribution in [1.82, 2.24) is 9.97 Å². The van der Waals surface area contributed by atoms with Crippen molar-refractivity contribution in [3.63, 3.8) is 0 Å². The predicted molar refractivity (Wildman–Crippen MR) is 38.1 cm³/mol. The topological polar surface area (TPSA) is 75.7 Å². The Balaban J connectivity index is 3.00. The van der Waals surface area contributed by atoms with Gasteiger partial charge in [-0.2, -0.15) is 0 Å². The van der Waals surface area contributed by atoms with Gasteiger partial charge >= 0.3 is 0 Å². The molecule has 0 radical (unpaired) electrons. The van der Waals surface area contributed by atoms with Crippen molar-refractivity contribution in [2.24, 2.45) is 5.73 Å². The van der Waals surface area contributed by atoms with Gasteiger partial charge in [-0.1, -0.05) is 11.6 Å². The van der Waals surface area contributed by atoms with Crippen molar-refractivity contribution in [2.75, 3.05) is 0 Å². The van der Waals surface area contributed by atoms with Gasteiger partial charge in [-0.3, -0.25) is 5.41 Å². The quantitative estimate of drug-likeness (QED) is 0.457. The Morgan fingerprint density at radius 2 is 2.00 bits per heavy atom. The highest BCUT2D eigenvalue weighted by atomic mass is 35.5. The fraction of sp³-hybridized carbons (Fsp3) is 0. The molecule has 1 aromatic heterocycles. The van der Waals surface area contributed by atoms with E-state index in [0.717, 1.165) is 0 Å². The Hall–Kier alpha value is -1.16. The van der Waals surface area contributed by atoms with E-state index in [1.54, 1.807) is 0 Å². The summed E-state index contributed by atoms with van der Waals surface area (Å²) in [6.07, 6.45) is 2.79. The van der Waals surface area contributed by atoms with Crippen molar-refractivity contribution in [2.45, 2.75) is 0 Å². The lowest BCUT2D eigenvalue weighted by Crippen LogP contribution is -2.14. The third-order valence-electron chi connectivity index (χ3n) is 0.861. The van der Waals surface area contributed by atoms with Crippen LogP contribution < -0.4 is 5.73 Å². The Kier molecular flexibility index (Phi) is 1.82. The summed E-state index contributed by atoms with van der Waals surface area (Å²) in [5.41, 5.74) is 5.08. The summed E-state index contributed by atoms with van der Waals surface area (Å²) in [6.45, 7) is 0. The molecular formula is C5H5ClN4. The van der Waals surface area contributed by atoms with E-state index in [9.17, 15) is 0 Å². The minimum Gasteiger partial charge on any atom is -0.381 e. The fourth-order valence-electron chi connectivity index (χ4n) is 0.451. The van der Waals surface area contributed by atoms with Gasteiger partial charge in [-0.15, -0.1) is 0 Å². The summed E-state index contributed by atoms with van der Waals surface area (Å²) in [4.78, 5) is 7.37. The van der Waals surface area contributed by atoms with Gasteiger partial charge in [0.2, 0.25) is 0 Å². The van der Waals surface area contributed by atoms with Crippen LogP contribution in [0.5, 0.6) is 0 Å². The first-order chi connectivity index (χ1) is 4.70. The molecule has 0 atom stereocenters. The maximum Gasteiger partial charge on any atom is 0.194 e. The second kappa shape index (κ2) is 2.62. The third-order valence-corrected chi connectivity index (χ3v) is 1.06. The lowest BCUT2D eigenvalue weighted by atomic mass is 10.5. The third kappa shape index (κ3) is 1.41. The van der Waals surface area contributed by atoms with Crippen LogP contribution in [0, 0.1) is 5.41 Å². The standard InChI is InChI=1S/C5H5ClN4/c6-3-1-9-5(4(7)8)10-2-3/h1-2H,(H3,7,8). The Morgan fingerprint density at radius 1 is 1.50 bits per heavy atom. The molecule has 1 heterocycles. The molecule has 4 nitrogen and oxygen atoms in total. The summed E-state index contributed by atoms with van der Waals surface area (Å²) in [5, 5.41) is 7.35. The van der Waals surface area contributed by atoms with Crippen LogP contribution in [0.2, 0.25) is 5.02 Å². The average molecular weight is 157 g/mol. The molecule has 0 fully saturated rings. The summed E-state index contributed by atoms with van der Waals surface area (Å²) < 4.78 is 0. The molecule has 10 heavy (non-hydrogen) atoms. The first-order valence-electron chi connectivity index (χ1n) is 2.52. The van der Waals surface area contributed by atoms with E-state index in [1.165, 1.54) is 12.4 Å². The molecular weight excluding hydrogens is 152 g/mol. The molecule has 1 aromatic rings. The van der Waals surface area contributed by atoms with Gasteiger partial charge in [0.05, 0.1) is 5.02 Å². The Labute approximate surface area is 62.6 Å². The summed E-state index contributed by atoms with van der Waals surface area (Å²) in [7, 11) is 0. The van der Waals surface area contributed by atoms with Crippen LogP contribution in [0.25, 0.3) is 0 Å². The van der Waals surface area contributed by atoms with Crippen LogP contribution in [0.15, 0.2) is 12.4 Å². The van der Waals surface area contributed by atoms with E-state index in [1.807, 2.05) is 0 Å². The Bertz CT molecular complexity index is 242. The monoisotopic (exact) mass is 156 g/mol. The van der Waals surface area contributed by atoms with E-state index >= 15 is 0 Å². The number of nitrogens with two attached hydrogens (primary N) is 1. The Morgan fingerprint density at radius 3 is 2.40 bits per heavy atom. The van der Waals surface area contributed by atoms with Crippen LogP contribution in [0.1, 0.15) is 5.82 Å². The number of halogens is 1. The van der Waals surface area contributed by atoms with Crippen molar-refractivity contribution in [1.29, 1.82) is 5.41 Å². The molecule has 0 aliphatic heterocycles. The zero-order valence-electron chi connectivity index (χ0n) is 5.00. The van der Waals surface area contributed by atoms with Crippen molar-refractivity contribution in [3.8, 4) is 0 Å². The summed E-state index contributed by atoms with van der Waals surface area (Å²) in [6, 6.07) is 0. The van der Waals surface area contributed by atoms with Gasteiger partial charge in [0.15, 0.2) is 11.7 Å². The van der Waals surface area contributed by atoms with Gasteiger partial charge < -0.3 is 5.73 Å². The molecule has 0 aliphatic carbocycles. The zero-order valence-corrected chi connectivity index (χ0v) is 5.76. The maximum atomic E-state index is 6.92. The maximum absolute atomic E-state index is 6.92. The first kappa shape index (κ1) is 6.95. The molecule has 0 saturated heterocycles. The van der Waals surface area contributed by atoms with E-state index < -0.39 is 0 Å². The number of nitrogens with zero attached hydrogens (tertiary/aromatic N) is 2. The molecule has 0 unspecified atom stereocenters. The van der Waals surface area contributed by atoms with Gasteiger partial charge in [0, 0.05) is 12.4 Å². The number of aromatic nitrogens is 2. The van der Waals surface area contributed by atoms with Crippen LogP contribution in [0.3, 0.4) is 0 Å². The van der Waals surface area contributed by atoms with Gasteiger partial charge in [0.25, 0.3) is 0 Å². The number of amidine groups is 1. The second-order valence-electron chi connectivity index (χ2n) is 1.64. The average Bonchev–Trinajstić information content (AvgIpc) is 1.88. The molecule has 3 N–H and O–H groups in total. The van der Waals surface area contributed by atoms with Crippen LogP contribution in [0.4, 0.5) is 0 Å². The van der Waals surface area contributed by atoms with Crippen molar-refractivity contribution in [3.05, 3.63) is 23.2 Å². The highest BCUT2D eigenvalue weighted by Crippen LogP contribution is 2.01. The lowest BCUT2D eigenvalue weighted by Gasteiger charge is -1.93. The SMILES string of the molecule is N=C(N)c1ncc(Cl)cn1. The number of hydrogen-bond acceptors (Lipinski definition) is 3. The molecule has 0 aromatic carbocycles. The first-order valence-corrected chi connectivity index (χ1v) is 2.90. The highest BCUT2D eigenvalue weighted by molar-refractivity contribution is 6.30. The molecule has 0 amide bonds. The molecule has 1 rings (SSSR count). The molecule has 0 bridgehead atoms. The molecule has 0 spiro atoms. The lowest BCUT2D eigenvalue weighted by molar-refractivity contribution is 1.11. The van der Waals surface area contributed by atoms with E-state index in [2.05, 4.69) is 9.97 Å². The van der Waals surface area contributed by atoms with Crippen molar-refractivity contribution >= 4 is 17.4 Å². The number of rotatable bonds is 1. The molecule has 52 valence electrons. The normalized spacial score (nSPS) is 9.30. The van der Waals surface area contributed by atoms with Gasteiger partial charge in [-0.25, -0.2) is 9.97 Å². The van der Waals surface area contributed by atoms with Gasteiger partial charge in [-0.05, 0) is 0 Å². The number of nitrogen functional groups attached to an aromatic ring is 1.